The predicted octanol–water partition coefficient (Wildman–Crippen LogP) is 3.68. The smallest absolute Gasteiger partial charge is 0.264 e. The minimum absolute atomic E-state index is 0.000937. The van der Waals surface area contributed by atoms with E-state index in [-0.39, 0.29) is 53.8 Å². The number of carbonyl (C=O) groups excluding carboxylic acids is 1. The third kappa shape index (κ3) is 6.40. The van der Waals surface area contributed by atoms with Gasteiger partial charge in [-0.05, 0) is 42.0 Å². The minimum Gasteiger partial charge on any atom is -0.505 e. The second-order valence-electron chi connectivity index (χ2n) is 9.05. The molecule has 2 N–H and O–H groups in total. The number of phenolic OH excluding ortho intramolecular Hbond substituents is 1. The summed E-state index contributed by atoms with van der Waals surface area (Å²) >= 11 is 0. The Morgan fingerprint density at radius 2 is 1.94 bits per heavy atom. The van der Waals surface area contributed by atoms with Crippen molar-refractivity contribution < 1.29 is 27.8 Å². The van der Waals surface area contributed by atoms with Crippen molar-refractivity contribution in [1.82, 2.24) is 5.32 Å². The van der Waals surface area contributed by atoms with Gasteiger partial charge in [-0.3, -0.25) is 9.10 Å². The highest BCUT2D eigenvalue weighted by atomic mass is 32.2. The molecule has 0 aliphatic carbocycles. The molecule has 0 radical (unpaired) electrons. The second kappa shape index (κ2) is 11.4. The first-order valence-electron chi connectivity index (χ1n) is 11.6. The Bertz CT molecular complexity index is 1200. The van der Waals surface area contributed by atoms with Crippen molar-refractivity contribution in [3.05, 3.63) is 42.0 Å². The van der Waals surface area contributed by atoms with Gasteiger partial charge in [-0.2, -0.15) is 0 Å². The van der Waals surface area contributed by atoms with Crippen LogP contribution in [0.25, 0.3) is 0 Å². The van der Waals surface area contributed by atoms with Gasteiger partial charge in [0, 0.05) is 32.0 Å². The maximum atomic E-state index is 13.7. The molecule has 8 nitrogen and oxygen atoms in total. The van der Waals surface area contributed by atoms with Gasteiger partial charge in [-0.25, -0.2) is 8.42 Å². The fraction of sp³-hybridized carbons (Fsp3) is 0.423. The number of nitrogens with one attached hydrogen (secondary N) is 1. The molecule has 2 aromatic rings. The standard InChI is InChI=1S/C26H32N2O6S/c1-5-6-10-25(29)27-15-19(4)13-20-8-7-9-22(26(20)30)28(16-18(2)3)35(31,32)21-11-12-23-24(14-21)34-17-33-23/h1,7-9,11-12,14,18-19,30H,6,10,13,15-17H2,2-4H3,(H,27,29)/t19-/m1/s1. The lowest BCUT2D eigenvalue weighted by Crippen LogP contribution is -2.34. The summed E-state index contributed by atoms with van der Waals surface area (Å²) in [6, 6.07) is 9.57. The van der Waals surface area contributed by atoms with E-state index in [2.05, 4.69) is 11.2 Å². The van der Waals surface area contributed by atoms with E-state index in [1.165, 1.54) is 16.4 Å². The molecule has 0 saturated carbocycles. The Morgan fingerprint density at radius 1 is 1.20 bits per heavy atom. The number of carbonyl (C=O) groups is 1. The summed E-state index contributed by atoms with van der Waals surface area (Å²) in [7, 11) is -4.00. The first kappa shape index (κ1) is 26.2. The van der Waals surface area contributed by atoms with Gasteiger partial charge in [-0.15, -0.1) is 12.3 Å². The molecule has 2 aromatic carbocycles. The highest BCUT2D eigenvalue weighted by molar-refractivity contribution is 7.92. The Labute approximate surface area is 207 Å². The molecule has 0 aromatic heterocycles. The summed E-state index contributed by atoms with van der Waals surface area (Å²) in [5, 5.41) is 14.0. The molecule has 188 valence electrons. The number of para-hydroxylation sites is 1. The number of sulfonamides is 1. The molecule has 3 rings (SSSR count). The van der Waals surface area contributed by atoms with Crippen LogP contribution in [0.4, 0.5) is 5.69 Å². The van der Waals surface area contributed by atoms with E-state index in [4.69, 9.17) is 15.9 Å². The van der Waals surface area contributed by atoms with E-state index in [0.29, 0.717) is 36.4 Å². The van der Waals surface area contributed by atoms with Gasteiger partial charge in [0.1, 0.15) is 5.75 Å². The van der Waals surface area contributed by atoms with Gasteiger partial charge in [0.15, 0.2) is 11.5 Å². The van der Waals surface area contributed by atoms with Gasteiger partial charge in [0.05, 0.1) is 10.6 Å². The van der Waals surface area contributed by atoms with E-state index < -0.39 is 10.0 Å². The maximum Gasteiger partial charge on any atom is 0.264 e. The molecule has 1 atom stereocenters. The molecule has 0 unspecified atom stereocenters. The predicted molar refractivity (Wildman–Crippen MR) is 134 cm³/mol. The molecular weight excluding hydrogens is 468 g/mol. The first-order valence-corrected chi connectivity index (χ1v) is 13.0. The molecule has 0 saturated heterocycles. The average Bonchev–Trinajstić information content (AvgIpc) is 3.29. The van der Waals surface area contributed by atoms with E-state index in [9.17, 15) is 18.3 Å². The third-order valence-electron chi connectivity index (χ3n) is 5.54. The number of nitrogens with zero attached hydrogens (tertiary/aromatic N) is 1. The van der Waals surface area contributed by atoms with Crippen LogP contribution in [-0.2, 0) is 21.2 Å². The average molecular weight is 501 g/mol. The molecule has 0 spiro atoms. The van der Waals surface area contributed by atoms with Gasteiger partial charge in [-0.1, -0.05) is 32.9 Å². The van der Waals surface area contributed by atoms with Crippen LogP contribution < -0.4 is 19.1 Å². The van der Waals surface area contributed by atoms with Crippen LogP contribution in [0, 0.1) is 24.2 Å². The normalized spacial score (nSPS) is 13.3. The number of terminal acetylenes is 1. The van der Waals surface area contributed by atoms with E-state index in [1.807, 2.05) is 20.8 Å². The Morgan fingerprint density at radius 3 is 2.66 bits per heavy atom. The SMILES string of the molecule is C#CCCC(=O)NC[C@H](C)Cc1cccc(N(CC(C)C)S(=O)(=O)c2ccc3c(c2)OCO3)c1O. The topological polar surface area (TPSA) is 105 Å². The third-order valence-corrected chi connectivity index (χ3v) is 7.32. The lowest BCUT2D eigenvalue weighted by molar-refractivity contribution is -0.121. The van der Waals surface area contributed by atoms with E-state index >= 15 is 0 Å². The van der Waals surface area contributed by atoms with Crippen LogP contribution in [0.15, 0.2) is 41.3 Å². The Balaban J connectivity index is 1.85. The summed E-state index contributed by atoms with van der Waals surface area (Å²) in [6.45, 7) is 6.40. The van der Waals surface area contributed by atoms with E-state index in [0.717, 1.165) is 0 Å². The van der Waals surface area contributed by atoms with Gasteiger partial charge < -0.3 is 19.9 Å². The van der Waals surface area contributed by atoms with Crippen molar-refractivity contribution in [2.45, 2.75) is 44.9 Å². The maximum absolute atomic E-state index is 13.7. The molecule has 0 bridgehead atoms. The fourth-order valence-corrected chi connectivity index (χ4v) is 5.43. The van der Waals surface area contributed by atoms with Crippen LogP contribution in [0.2, 0.25) is 0 Å². The summed E-state index contributed by atoms with van der Waals surface area (Å²) < 4.78 is 39.2. The monoisotopic (exact) mass is 500 g/mol. The van der Waals surface area contributed by atoms with Crippen LogP contribution in [0.3, 0.4) is 0 Å². The highest BCUT2D eigenvalue weighted by Crippen LogP contribution is 2.39. The van der Waals surface area contributed by atoms with Crippen LogP contribution in [-0.4, -0.2) is 39.3 Å². The molecule has 0 fully saturated rings. The lowest BCUT2D eigenvalue weighted by atomic mass is 9.99. The zero-order valence-electron chi connectivity index (χ0n) is 20.3. The summed E-state index contributed by atoms with van der Waals surface area (Å²) in [4.78, 5) is 11.9. The van der Waals surface area contributed by atoms with Crippen molar-refractivity contribution in [2.24, 2.45) is 11.8 Å². The number of ether oxygens (including phenoxy) is 2. The molecule has 1 aliphatic heterocycles. The van der Waals surface area contributed by atoms with Crippen LogP contribution in [0.1, 0.15) is 39.2 Å². The van der Waals surface area contributed by atoms with Gasteiger partial charge >= 0.3 is 0 Å². The number of phenols is 1. The Hall–Kier alpha value is -3.38. The van der Waals surface area contributed by atoms with Crippen LogP contribution in [0.5, 0.6) is 17.2 Å². The number of aromatic hydroxyl groups is 1. The number of amides is 1. The Kier molecular flexibility index (Phi) is 8.52. The number of fused-ring (bicyclic) bond motifs is 1. The minimum atomic E-state index is -4.00. The van der Waals surface area contributed by atoms with Gasteiger partial charge in [0.25, 0.3) is 10.0 Å². The number of benzene rings is 2. The number of hydrogen-bond acceptors (Lipinski definition) is 6. The zero-order valence-corrected chi connectivity index (χ0v) is 21.1. The van der Waals surface area contributed by atoms with Crippen molar-refractivity contribution in [3.63, 3.8) is 0 Å². The number of anilines is 1. The fourth-order valence-electron chi connectivity index (χ4n) is 3.78. The molecule has 1 amide bonds. The van der Waals surface area contributed by atoms with Crippen molar-refractivity contribution in [2.75, 3.05) is 24.2 Å². The molecule has 9 heteroatoms. The van der Waals surface area contributed by atoms with Crippen molar-refractivity contribution in [3.8, 4) is 29.6 Å². The number of hydrogen-bond donors (Lipinski definition) is 2. The largest absolute Gasteiger partial charge is 0.505 e. The van der Waals surface area contributed by atoms with Crippen molar-refractivity contribution in [1.29, 1.82) is 0 Å². The van der Waals surface area contributed by atoms with Gasteiger partial charge in [0.2, 0.25) is 12.7 Å². The molecule has 1 aliphatic rings. The second-order valence-corrected chi connectivity index (χ2v) is 10.9. The summed E-state index contributed by atoms with van der Waals surface area (Å²) in [6.07, 6.45) is 6.30. The van der Waals surface area contributed by atoms with Crippen molar-refractivity contribution >= 4 is 21.6 Å². The number of rotatable bonds is 11. The molecular formula is C26H32N2O6S. The summed E-state index contributed by atoms with van der Waals surface area (Å²) in [5.74, 6) is 3.09. The first-order chi connectivity index (χ1) is 16.6. The zero-order chi connectivity index (χ0) is 25.6. The van der Waals surface area contributed by atoms with E-state index in [1.54, 1.807) is 24.3 Å². The molecule has 35 heavy (non-hydrogen) atoms. The quantitative estimate of drug-likeness (QED) is 0.456. The highest BCUT2D eigenvalue weighted by Gasteiger charge is 2.30. The molecule has 1 heterocycles. The van der Waals surface area contributed by atoms with Crippen LogP contribution >= 0.6 is 0 Å². The lowest BCUT2D eigenvalue weighted by Gasteiger charge is -2.28. The summed E-state index contributed by atoms with van der Waals surface area (Å²) in [5.41, 5.74) is 0.807.